The van der Waals surface area contributed by atoms with Crippen molar-refractivity contribution in [3.63, 3.8) is 0 Å². The number of carbonyl (C=O) groups is 1. The Balaban J connectivity index is 2.10. The van der Waals surface area contributed by atoms with Gasteiger partial charge in [0.05, 0.1) is 5.56 Å². The van der Waals surface area contributed by atoms with Crippen LogP contribution in [-0.2, 0) is 0 Å². The minimum atomic E-state index is -0.951. The largest absolute Gasteiger partial charge is 0.485 e. The first-order chi connectivity index (χ1) is 9.08. The first-order valence-corrected chi connectivity index (χ1v) is 5.43. The van der Waals surface area contributed by atoms with Crippen molar-refractivity contribution in [3.8, 4) is 5.75 Å². The van der Waals surface area contributed by atoms with Crippen LogP contribution in [-0.4, -0.2) is 12.4 Å². The molecule has 0 saturated carbocycles. The molecule has 2 aromatic rings. The summed E-state index contributed by atoms with van der Waals surface area (Å²) < 4.78 is 44.5. The molecule has 0 atom stereocenters. The summed E-state index contributed by atoms with van der Waals surface area (Å²) in [7, 11) is 0. The maximum absolute atomic E-state index is 13.3. The van der Waals surface area contributed by atoms with Crippen LogP contribution in [0.4, 0.5) is 13.2 Å². The average Bonchev–Trinajstić information content (AvgIpc) is 2.36. The zero-order valence-corrected chi connectivity index (χ0v) is 9.70. The molecule has 0 heterocycles. The summed E-state index contributed by atoms with van der Waals surface area (Å²) in [5.41, 5.74) is -0.654. The Bertz CT molecular complexity index is 591. The molecule has 98 valence electrons. The van der Waals surface area contributed by atoms with Gasteiger partial charge in [0.25, 0.3) is 0 Å². The fourth-order valence-corrected chi connectivity index (χ4v) is 1.54. The van der Waals surface area contributed by atoms with Crippen LogP contribution in [0.3, 0.4) is 0 Å². The summed E-state index contributed by atoms with van der Waals surface area (Å²) >= 11 is 0. The third-order valence-electron chi connectivity index (χ3n) is 2.41. The number of ether oxygens (including phenoxy) is 1. The molecule has 2 aromatic carbocycles. The zero-order chi connectivity index (χ0) is 13.8. The van der Waals surface area contributed by atoms with Crippen LogP contribution >= 0.6 is 0 Å². The molecule has 2 rings (SSSR count). The van der Waals surface area contributed by atoms with Gasteiger partial charge in [0, 0.05) is 6.07 Å². The number of hydrogen-bond donors (Lipinski definition) is 0. The summed E-state index contributed by atoms with van der Waals surface area (Å²) in [4.78, 5) is 11.6. The number of halogens is 3. The highest BCUT2D eigenvalue weighted by molar-refractivity contribution is 5.97. The first kappa shape index (κ1) is 13.1. The number of rotatable bonds is 4. The van der Waals surface area contributed by atoms with Crippen LogP contribution in [0, 0.1) is 17.5 Å². The van der Waals surface area contributed by atoms with Gasteiger partial charge in [-0.1, -0.05) is 12.1 Å². The Morgan fingerprint density at radius 1 is 1.00 bits per heavy atom. The quantitative estimate of drug-likeness (QED) is 0.793. The highest BCUT2D eigenvalue weighted by atomic mass is 19.1. The third kappa shape index (κ3) is 3.13. The van der Waals surface area contributed by atoms with Crippen LogP contribution in [0.2, 0.25) is 0 Å². The van der Waals surface area contributed by atoms with Gasteiger partial charge >= 0.3 is 0 Å². The Morgan fingerprint density at radius 3 is 2.26 bits per heavy atom. The molecule has 0 N–H and O–H groups in total. The monoisotopic (exact) mass is 266 g/mol. The van der Waals surface area contributed by atoms with E-state index in [4.69, 9.17) is 4.74 Å². The van der Waals surface area contributed by atoms with Crippen LogP contribution in [0.25, 0.3) is 0 Å². The number of carbonyl (C=O) groups excluding carboxylic acids is 1. The van der Waals surface area contributed by atoms with E-state index in [-0.39, 0.29) is 5.75 Å². The van der Waals surface area contributed by atoms with Crippen molar-refractivity contribution in [2.45, 2.75) is 0 Å². The third-order valence-corrected chi connectivity index (χ3v) is 2.41. The normalized spacial score (nSPS) is 10.3. The molecule has 0 spiro atoms. The summed E-state index contributed by atoms with van der Waals surface area (Å²) in [6, 6.07) is 8.26. The van der Waals surface area contributed by atoms with E-state index >= 15 is 0 Å². The van der Waals surface area contributed by atoms with Gasteiger partial charge in [-0.25, -0.2) is 13.2 Å². The van der Waals surface area contributed by atoms with E-state index in [0.717, 1.165) is 24.3 Å². The minimum absolute atomic E-state index is 0.116. The van der Waals surface area contributed by atoms with Crippen LogP contribution in [0.5, 0.6) is 5.75 Å². The molecule has 0 aromatic heterocycles. The lowest BCUT2D eigenvalue weighted by Gasteiger charge is -2.07. The summed E-state index contributed by atoms with van der Waals surface area (Å²) in [6.45, 7) is -0.568. The van der Waals surface area contributed by atoms with E-state index in [0.29, 0.717) is 0 Å². The van der Waals surface area contributed by atoms with E-state index in [9.17, 15) is 18.0 Å². The van der Waals surface area contributed by atoms with Gasteiger partial charge in [-0.2, -0.15) is 0 Å². The van der Waals surface area contributed by atoms with Crippen molar-refractivity contribution in [3.05, 3.63) is 65.5 Å². The highest BCUT2D eigenvalue weighted by Gasteiger charge is 2.17. The molecule has 0 aliphatic carbocycles. The molecule has 0 amide bonds. The Kier molecular flexibility index (Phi) is 3.85. The standard InChI is InChI=1S/C14H9F3O2/c15-9-3-1-4-10(7-9)19-8-13(18)14-11(16)5-2-6-12(14)17/h1-7H,8H2. The van der Waals surface area contributed by atoms with E-state index < -0.39 is 35.4 Å². The Labute approximate surface area is 107 Å². The van der Waals surface area contributed by atoms with Crippen molar-refractivity contribution in [2.75, 3.05) is 6.61 Å². The van der Waals surface area contributed by atoms with Crippen molar-refractivity contribution in [2.24, 2.45) is 0 Å². The van der Waals surface area contributed by atoms with Gasteiger partial charge in [0.1, 0.15) is 23.2 Å². The van der Waals surface area contributed by atoms with Crippen LogP contribution in [0.1, 0.15) is 10.4 Å². The number of hydrogen-bond acceptors (Lipinski definition) is 2. The number of benzene rings is 2. The number of Topliss-reactive ketones (excluding diaryl/α,β-unsaturated/α-hetero) is 1. The van der Waals surface area contributed by atoms with Crippen molar-refractivity contribution in [1.82, 2.24) is 0 Å². The molecule has 19 heavy (non-hydrogen) atoms. The Morgan fingerprint density at radius 2 is 1.63 bits per heavy atom. The molecule has 0 radical (unpaired) electrons. The second-order valence-corrected chi connectivity index (χ2v) is 3.77. The molecule has 0 aliphatic heterocycles. The molecular weight excluding hydrogens is 257 g/mol. The summed E-state index contributed by atoms with van der Waals surface area (Å²) in [5.74, 6) is -3.16. The maximum Gasteiger partial charge on any atom is 0.206 e. The minimum Gasteiger partial charge on any atom is -0.485 e. The van der Waals surface area contributed by atoms with Gasteiger partial charge in [-0.05, 0) is 24.3 Å². The lowest BCUT2D eigenvalue weighted by atomic mass is 10.1. The molecule has 0 unspecified atom stereocenters. The topological polar surface area (TPSA) is 26.3 Å². The fourth-order valence-electron chi connectivity index (χ4n) is 1.54. The fraction of sp³-hybridized carbons (Fsp3) is 0.0714. The first-order valence-electron chi connectivity index (χ1n) is 5.43. The van der Waals surface area contributed by atoms with Crippen molar-refractivity contribution >= 4 is 5.78 Å². The molecular formula is C14H9F3O2. The van der Waals surface area contributed by atoms with E-state index in [1.54, 1.807) is 0 Å². The average molecular weight is 266 g/mol. The van der Waals surface area contributed by atoms with Gasteiger partial charge in [0.15, 0.2) is 6.61 Å². The second kappa shape index (κ2) is 5.56. The lowest BCUT2D eigenvalue weighted by molar-refractivity contribution is 0.0912. The van der Waals surface area contributed by atoms with Crippen molar-refractivity contribution in [1.29, 1.82) is 0 Å². The van der Waals surface area contributed by atoms with Crippen LogP contribution in [0.15, 0.2) is 42.5 Å². The number of ketones is 1. The predicted octanol–water partition coefficient (Wildman–Crippen LogP) is 3.37. The molecule has 2 nitrogen and oxygen atoms in total. The summed E-state index contributed by atoms with van der Waals surface area (Å²) in [5, 5.41) is 0. The van der Waals surface area contributed by atoms with Gasteiger partial charge in [0.2, 0.25) is 5.78 Å². The van der Waals surface area contributed by atoms with Crippen LogP contribution < -0.4 is 4.74 Å². The SMILES string of the molecule is O=C(COc1cccc(F)c1)c1c(F)cccc1F. The van der Waals surface area contributed by atoms with E-state index in [1.165, 1.54) is 18.2 Å². The predicted molar refractivity (Wildman–Crippen MR) is 62.6 cm³/mol. The van der Waals surface area contributed by atoms with Gasteiger partial charge in [-0.3, -0.25) is 4.79 Å². The highest BCUT2D eigenvalue weighted by Crippen LogP contribution is 2.15. The van der Waals surface area contributed by atoms with E-state index in [2.05, 4.69) is 0 Å². The van der Waals surface area contributed by atoms with Crippen molar-refractivity contribution < 1.29 is 22.7 Å². The molecule has 0 aliphatic rings. The second-order valence-electron chi connectivity index (χ2n) is 3.77. The van der Waals surface area contributed by atoms with Gasteiger partial charge < -0.3 is 4.74 Å². The summed E-state index contributed by atoms with van der Waals surface area (Å²) in [6.07, 6.45) is 0. The molecule has 0 saturated heterocycles. The maximum atomic E-state index is 13.3. The lowest BCUT2D eigenvalue weighted by Crippen LogP contribution is -2.15. The molecule has 5 heteroatoms. The van der Waals surface area contributed by atoms with Gasteiger partial charge in [-0.15, -0.1) is 0 Å². The molecule has 0 fully saturated rings. The smallest absolute Gasteiger partial charge is 0.206 e. The van der Waals surface area contributed by atoms with E-state index in [1.807, 2.05) is 0 Å². The molecule has 0 bridgehead atoms. The Hall–Kier alpha value is -2.30. The zero-order valence-electron chi connectivity index (χ0n) is 9.70.